The van der Waals surface area contributed by atoms with Gasteiger partial charge in [0.1, 0.15) is 17.9 Å². The van der Waals surface area contributed by atoms with Gasteiger partial charge in [-0.05, 0) is 39.8 Å². The number of carbonyl (C=O) groups excluding carboxylic acids is 1. The van der Waals surface area contributed by atoms with Crippen molar-refractivity contribution < 1.29 is 13.9 Å². The smallest absolute Gasteiger partial charge is 0.410 e. The molecule has 0 bridgehead atoms. The Kier molecular flexibility index (Phi) is 7.44. The monoisotopic (exact) mass is 324 g/mol. The van der Waals surface area contributed by atoms with Gasteiger partial charge in [-0.1, -0.05) is 0 Å². The summed E-state index contributed by atoms with van der Waals surface area (Å²) in [6.45, 7) is 9.84. The Bertz CT molecular complexity index is 492. The summed E-state index contributed by atoms with van der Waals surface area (Å²) < 4.78 is 10.6. The van der Waals surface area contributed by atoms with Gasteiger partial charge in [-0.2, -0.15) is 0 Å². The average Bonchev–Trinajstić information content (AvgIpc) is 2.96. The van der Waals surface area contributed by atoms with Gasteiger partial charge in [-0.15, -0.1) is 0 Å². The van der Waals surface area contributed by atoms with Crippen molar-refractivity contribution in [3.8, 4) is 0 Å². The van der Waals surface area contributed by atoms with Crippen molar-refractivity contribution >= 4 is 12.1 Å². The van der Waals surface area contributed by atoms with Crippen LogP contribution in [0.5, 0.6) is 0 Å². The third-order valence-corrected chi connectivity index (χ3v) is 2.76. The zero-order valence-electron chi connectivity index (χ0n) is 14.7. The van der Waals surface area contributed by atoms with E-state index >= 15 is 0 Å². The molecular weight excluding hydrogens is 296 g/mol. The molecule has 7 heteroatoms. The lowest BCUT2D eigenvalue weighted by Gasteiger charge is -2.24. The normalized spacial score (nSPS) is 12.0. The maximum atomic E-state index is 11.9. The van der Waals surface area contributed by atoms with Crippen LogP contribution in [0.4, 0.5) is 4.79 Å². The Labute approximate surface area is 138 Å². The van der Waals surface area contributed by atoms with Gasteiger partial charge in [0.15, 0.2) is 5.96 Å². The summed E-state index contributed by atoms with van der Waals surface area (Å²) in [6.07, 6.45) is 1.29. The van der Waals surface area contributed by atoms with E-state index in [0.717, 1.165) is 12.3 Å². The van der Waals surface area contributed by atoms with E-state index in [4.69, 9.17) is 9.15 Å². The molecule has 1 aromatic rings. The number of hydrogen-bond donors (Lipinski definition) is 2. The average molecular weight is 324 g/mol. The maximum Gasteiger partial charge on any atom is 0.410 e. The van der Waals surface area contributed by atoms with E-state index < -0.39 is 5.60 Å². The van der Waals surface area contributed by atoms with Crippen LogP contribution < -0.4 is 10.6 Å². The zero-order chi connectivity index (χ0) is 17.3. The van der Waals surface area contributed by atoms with Gasteiger partial charge in [0.25, 0.3) is 0 Å². The van der Waals surface area contributed by atoms with Gasteiger partial charge in [0.05, 0.1) is 6.26 Å². The quantitative estimate of drug-likeness (QED) is 0.619. The molecule has 0 aliphatic carbocycles. The number of nitrogens with one attached hydrogen (secondary N) is 2. The van der Waals surface area contributed by atoms with Crippen molar-refractivity contribution in [3.63, 3.8) is 0 Å². The van der Waals surface area contributed by atoms with Crippen molar-refractivity contribution in [2.75, 3.05) is 26.7 Å². The van der Waals surface area contributed by atoms with E-state index in [9.17, 15) is 4.79 Å². The van der Waals surface area contributed by atoms with Gasteiger partial charge in [-0.3, -0.25) is 0 Å². The lowest BCUT2D eigenvalue weighted by Crippen LogP contribution is -2.43. The van der Waals surface area contributed by atoms with Crippen molar-refractivity contribution in [3.05, 3.63) is 24.2 Å². The molecule has 0 aliphatic heterocycles. The number of carbonyl (C=O) groups is 1. The summed E-state index contributed by atoms with van der Waals surface area (Å²) >= 11 is 0. The van der Waals surface area contributed by atoms with Crippen molar-refractivity contribution in [2.45, 2.75) is 39.8 Å². The summed E-state index contributed by atoms with van der Waals surface area (Å²) in [5.41, 5.74) is -0.488. The molecule has 0 aliphatic rings. The number of ether oxygens (including phenoxy) is 1. The summed E-state index contributed by atoms with van der Waals surface area (Å²) in [5.74, 6) is 1.48. The molecule has 2 N–H and O–H groups in total. The number of likely N-dealkylation sites (N-methyl/N-ethyl adjacent to an activating group) is 1. The predicted molar refractivity (Wildman–Crippen MR) is 90.4 cm³/mol. The standard InChI is InChI=1S/C16H28N4O3/c1-6-17-14(19-12-13-8-7-11-22-13)18-9-10-20(5)15(21)23-16(2,3)4/h7-8,11H,6,9-10,12H2,1-5H3,(H2,17,18,19). The van der Waals surface area contributed by atoms with Gasteiger partial charge < -0.3 is 24.7 Å². The molecule has 0 atom stereocenters. The summed E-state index contributed by atoms with van der Waals surface area (Å²) in [4.78, 5) is 17.8. The zero-order valence-corrected chi connectivity index (χ0v) is 14.7. The van der Waals surface area contributed by atoms with Gasteiger partial charge in [0, 0.05) is 26.7 Å². The first-order valence-electron chi connectivity index (χ1n) is 7.80. The number of nitrogens with zero attached hydrogens (tertiary/aromatic N) is 2. The van der Waals surface area contributed by atoms with E-state index in [1.54, 1.807) is 13.3 Å². The number of amides is 1. The maximum absolute atomic E-state index is 11.9. The third kappa shape index (κ3) is 8.13. The molecule has 1 amide bonds. The number of furan rings is 1. The molecule has 0 radical (unpaired) electrons. The van der Waals surface area contributed by atoms with E-state index in [2.05, 4.69) is 15.6 Å². The van der Waals surface area contributed by atoms with Gasteiger partial charge in [0.2, 0.25) is 0 Å². The molecule has 1 aromatic heterocycles. The fourth-order valence-corrected chi connectivity index (χ4v) is 1.67. The van der Waals surface area contributed by atoms with Crippen LogP contribution in [0.1, 0.15) is 33.5 Å². The van der Waals surface area contributed by atoms with Crippen LogP contribution in [0.2, 0.25) is 0 Å². The lowest BCUT2D eigenvalue weighted by molar-refractivity contribution is 0.0302. The van der Waals surface area contributed by atoms with E-state index in [-0.39, 0.29) is 6.09 Å². The summed E-state index contributed by atoms with van der Waals surface area (Å²) in [7, 11) is 1.71. The highest BCUT2D eigenvalue weighted by Crippen LogP contribution is 2.08. The number of guanidine groups is 1. The molecule has 1 rings (SSSR count). The SMILES string of the molecule is CCNC(=NCc1ccco1)NCCN(C)C(=O)OC(C)(C)C. The number of rotatable bonds is 6. The second-order valence-corrected chi connectivity index (χ2v) is 6.10. The minimum Gasteiger partial charge on any atom is -0.467 e. The van der Waals surface area contributed by atoms with Crippen molar-refractivity contribution in [1.29, 1.82) is 0 Å². The molecule has 0 aromatic carbocycles. The highest BCUT2D eigenvalue weighted by Gasteiger charge is 2.19. The predicted octanol–water partition coefficient (Wildman–Crippen LogP) is 2.20. The molecule has 7 nitrogen and oxygen atoms in total. The first-order chi connectivity index (χ1) is 10.8. The minimum atomic E-state index is -0.488. The van der Waals surface area contributed by atoms with Crippen molar-refractivity contribution in [2.24, 2.45) is 4.99 Å². The molecule has 0 unspecified atom stereocenters. The molecule has 0 saturated heterocycles. The highest BCUT2D eigenvalue weighted by molar-refractivity contribution is 5.79. The lowest BCUT2D eigenvalue weighted by atomic mass is 10.2. The Morgan fingerprint density at radius 2 is 2.13 bits per heavy atom. The fourth-order valence-electron chi connectivity index (χ4n) is 1.67. The molecule has 0 fully saturated rings. The van der Waals surface area contributed by atoms with E-state index in [1.165, 1.54) is 4.90 Å². The minimum absolute atomic E-state index is 0.336. The summed E-state index contributed by atoms with van der Waals surface area (Å²) in [5, 5.41) is 6.33. The number of hydrogen-bond acceptors (Lipinski definition) is 4. The second kappa shape index (κ2) is 9.07. The van der Waals surface area contributed by atoms with Crippen LogP contribution in [-0.2, 0) is 11.3 Å². The third-order valence-electron chi connectivity index (χ3n) is 2.76. The van der Waals surface area contributed by atoms with Crippen LogP contribution in [0, 0.1) is 0 Å². The Hall–Kier alpha value is -2.18. The van der Waals surface area contributed by atoms with Gasteiger partial charge >= 0.3 is 6.09 Å². The second-order valence-electron chi connectivity index (χ2n) is 6.10. The molecule has 0 saturated carbocycles. The van der Waals surface area contributed by atoms with Crippen LogP contribution in [-0.4, -0.2) is 49.2 Å². The van der Waals surface area contributed by atoms with Gasteiger partial charge in [-0.25, -0.2) is 9.79 Å². The van der Waals surface area contributed by atoms with Crippen LogP contribution in [0.25, 0.3) is 0 Å². The van der Waals surface area contributed by atoms with Crippen molar-refractivity contribution in [1.82, 2.24) is 15.5 Å². The Morgan fingerprint density at radius 3 is 2.70 bits per heavy atom. The first kappa shape index (κ1) is 18.9. The topological polar surface area (TPSA) is 79.1 Å². The molecule has 130 valence electrons. The molecule has 23 heavy (non-hydrogen) atoms. The van der Waals surface area contributed by atoms with Crippen LogP contribution in [0.15, 0.2) is 27.8 Å². The largest absolute Gasteiger partial charge is 0.467 e. The molecular formula is C16H28N4O3. The molecule has 1 heterocycles. The first-order valence-corrected chi connectivity index (χ1v) is 7.80. The highest BCUT2D eigenvalue weighted by atomic mass is 16.6. The van der Waals surface area contributed by atoms with Crippen LogP contribution >= 0.6 is 0 Å². The van der Waals surface area contributed by atoms with E-state index in [1.807, 2.05) is 39.8 Å². The number of aliphatic imine (C=N–C) groups is 1. The summed E-state index contributed by atoms with van der Waals surface area (Å²) in [6, 6.07) is 3.71. The molecule has 0 spiro atoms. The Balaban J connectivity index is 2.40. The van der Waals surface area contributed by atoms with E-state index in [0.29, 0.717) is 25.6 Å². The fraction of sp³-hybridized carbons (Fsp3) is 0.625. The van der Waals surface area contributed by atoms with Crippen LogP contribution in [0.3, 0.4) is 0 Å². The Morgan fingerprint density at radius 1 is 1.39 bits per heavy atom.